The summed E-state index contributed by atoms with van der Waals surface area (Å²) in [6.07, 6.45) is 2.49. The normalized spacial score (nSPS) is 10.6. The van der Waals surface area contributed by atoms with Crippen molar-refractivity contribution in [3.63, 3.8) is 0 Å². The predicted molar refractivity (Wildman–Crippen MR) is 70.8 cm³/mol. The molecule has 0 aliphatic heterocycles. The zero-order valence-corrected chi connectivity index (χ0v) is 10.7. The van der Waals surface area contributed by atoms with Crippen LogP contribution in [0.3, 0.4) is 0 Å². The Bertz CT molecular complexity index is 519. The fraction of sp³-hybridized carbons (Fsp3) is 0.231. The summed E-state index contributed by atoms with van der Waals surface area (Å²) in [6, 6.07) is 8.38. The minimum Gasteiger partial charge on any atom is -0.330 e. The number of aromatic nitrogens is 2. The number of hydrogen-bond acceptors (Lipinski definition) is 4. The molecule has 2 rings (SSSR count). The molecule has 0 radical (unpaired) electrons. The lowest BCUT2D eigenvalue weighted by Crippen LogP contribution is -2.06. The molecule has 1 heterocycles. The van der Waals surface area contributed by atoms with Crippen molar-refractivity contribution in [2.75, 3.05) is 6.54 Å². The first-order chi connectivity index (χ1) is 8.78. The average molecular weight is 263 g/mol. The molecule has 0 amide bonds. The SMILES string of the molecule is NCCc1ccnc(CSc2cccc(F)c2)n1. The second-order valence-corrected chi connectivity index (χ2v) is 4.80. The maximum Gasteiger partial charge on any atom is 0.138 e. The van der Waals surface area contributed by atoms with Crippen LogP contribution >= 0.6 is 11.8 Å². The summed E-state index contributed by atoms with van der Waals surface area (Å²) < 4.78 is 13.0. The van der Waals surface area contributed by atoms with Gasteiger partial charge in [-0.05, 0) is 30.8 Å². The summed E-state index contributed by atoms with van der Waals surface area (Å²) in [5, 5.41) is 0. The maximum atomic E-state index is 13.0. The van der Waals surface area contributed by atoms with E-state index in [-0.39, 0.29) is 5.82 Å². The lowest BCUT2D eigenvalue weighted by Gasteiger charge is -2.03. The van der Waals surface area contributed by atoms with Crippen LogP contribution in [-0.2, 0) is 12.2 Å². The molecule has 0 aliphatic rings. The number of halogens is 1. The van der Waals surface area contributed by atoms with Crippen LogP contribution in [0.2, 0.25) is 0 Å². The molecule has 0 saturated carbocycles. The molecule has 0 unspecified atom stereocenters. The van der Waals surface area contributed by atoms with Gasteiger partial charge in [0.1, 0.15) is 11.6 Å². The van der Waals surface area contributed by atoms with Gasteiger partial charge in [0.2, 0.25) is 0 Å². The van der Waals surface area contributed by atoms with Crippen molar-refractivity contribution in [2.24, 2.45) is 5.73 Å². The highest BCUT2D eigenvalue weighted by molar-refractivity contribution is 7.98. The van der Waals surface area contributed by atoms with Gasteiger partial charge in [0.05, 0.1) is 5.75 Å². The second-order valence-electron chi connectivity index (χ2n) is 3.75. The molecule has 3 nitrogen and oxygen atoms in total. The lowest BCUT2D eigenvalue weighted by atomic mass is 10.3. The number of rotatable bonds is 5. The number of thioether (sulfide) groups is 1. The number of nitrogens with zero attached hydrogens (tertiary/aromatic N) is 2. The standard InChI is InChI=1S/C13H14FN3S/c14-10-2-1-3-12(8-10)18-9-13-16-7-5-11(17-13)4-6-15/h1-3,5,7-8H,4,6,9,15H2. The van der Waals surface area contributed by atoms with Gasteiger partial charge < -0.3 is 5.73 Å². The third-order valence-electron chi connectivity index (χ3n) is 2.33. The van der Waals surface area contributed by atoms with Crippen LogP contribution in [0.5, 0.6) is 0 Å². The molecular weight excluding hydrogens is 249 g/mol. The molecule has 0 saturated heterocycles. The van der Waals surface area contributed by atoms with Gasteiger partial charge in [-0.25, -0.2) is 14.4 Å². The third kappa shape index (κ3) is 3.78. The fourth-order valence-corrected chi connectivity index (χ4v) is 2.31. The quantitative estimate of drug-likeness (QED) is 0.842. The highest BCUT2D eigenvalue weighted by Crippen LogP contribution is 2.21. The Kier molecular flexibility index (Phi) is 4.66. The number of hydrogen-bond donors (Lipinski definition) is 1. The summed E-state index contributed by atoms with van der Waals surface area (Å²) in [6.45, 7) is 0.577. The zero-order chi connectivity index (χ0) is 12.8. The lowest BCUT2D eigenvalue weighted by molar-refractivity contribution is 0.624. The van der Waals surface area contributed by atoms with Gasteiger partial charge in [-0.2, -0.15) is 0 Å². The van der Waals surface area contributed by atoms with Crippen LogP contribution in [0.25, 0.3) is 0 Å². The van der Waals surface area contributed by atoms with Crippen molar-refractivity contribution >= 4 is 11.8 Å². The van der Waals surface area contributed by atoms with E-state index in [0.29, 0.717) is 12.3 Å². The van der Waals surface area contributed by atoms with E-state index < -0.39 is 0 Å². The third-order valence-corrected chi connectivity index (χ3v) is 3.32. The van der Waals surface area contributed by atoms with Crippen molar-refractivity contribution in [2.45, 2.75) is 17.1 Å². The topological polar surface area (TPSA) is 51.8 Å². The minimum absolute atomic E-state index is 0.224. The monoisotopic (exact) mass is 263 g/mol. The maximum absolute atomic E-state index is 13.0. The summed E-state index contributed by atoms with van der Waals surface area (Å²) in [5.74, 6) is 1.15. The molecule has 1 aromatic heterocycles. The van der Waals surface area contributed by atoms with Gasteiger partial charge in [-0.3, -0.25) is 0 Å². The molecular formula is C13H14FN3S. The van der Waals surface area contributed by atoms with Gasteiger partial charge in [0.15, 0.2) is 0 Å². The number of benzene rings is 1. The Hall–Kier alpha value is -1.46. The average Bonchev–Trinajstić information content (AvgIpc) is 2.37. The van der Waals surface area contributed by atoms with Gasteiger partial charge in [0, 0.05) is 23.2 Å². The van der Waals surface area contributed by atoms with Crippen LogP contribution < -0.4 is 5.73 Å². The van der Waals surface area contributed by atoms with Crippen molar-refractivity contribution < 1.29 is 4.39 Å². The molecule has 94 valence electrons. The molecule has 0 aliphatic carbocycles. The van der Waals surface area contributed by atoms with E-state index in [0.717, 1.165) is 22.8 Å². The Morgan fingerprint density at radius 2 is 2.17 bits per heavy atom. The molecule has 5 heteroatoms. The highest BCUT2D eigenvalue weighted by Gasteiger charge is 2.01. The van der Waals surface area contributed by atoms with Crippen molar-refractivity contribution in [1.82, 2.24) is 9.97 Å². The van der Waals surface area contributed by atoms with Gasteiger partial charge in [-0.15, -0.1) is 11.8 Å². The Morgan fingerprint density at radius 1 is 1.28 bits per heavy atom. The first-order valence-electron chi connectivity index (χ1n) is 5.67. The van der Waals surface area contributed by atoms with E-state index >= 15 is 0 Å². The summed E-state index contributed by atoms with van der Waals surface area (Å²) >= 11 is 1.52. The molecule has 2 aromatic rings. The molecule has 1 aromatic carbocycles. The van der Waals surface area contributed by atoms with E-state index in [1.165, 1.54) is 23.9 Å². The van der Waals surface area contributed by atoms with Crippen molar-refractivity contribution in [3.05, 3.63) is 53.9 Å². The molecule has 0 spiro atoms. The zero-order valence-electron chi connectivity index (χ0n) is 9.84. The van der Waals surface area contributed by atoms with Crippen molar-refractivity contribution in [3.8, 4) is 0 Å². The Labute approximate surface area is 110 Å². The minimum atomic E-state index is -0.224. The van der Waals surface area contributed by atoms with Gasteiger partial charge in [-0.1, -0.05) is 6.07 Å². The van der Waals surface area contributed by atoms with E-state index in [9.17, 15) is 4.39 Å². The van der Waals surface area contributed by atoms with Crippen molar-refractivity contribution in [1.29, 1.82) is 0 Å². The largest absolute Gasteiger partial charge is 0.330 e. The van der Waals surface area contributed by atoms with Crippen LogP contribution in [0.1, 0.15) is 11.5 Å². The highest BCUT2D eigenvalue weighted by atomic mass is 32.2. The fourth-order valence-electron chi connectivity index (χ4n) is 1.50. The molecule has 18 heavy (non-hydrogen) atoms. The van der Waals surface area contributed by atoms with Crippen LogP contribution in [0.4, 0.5) is 4.39 Å². The van der Waals surface area contributed by atoms with E-state index in [1.54, 1.807) is 12.3 Å². The smallest absolute Gasteiger partial charge is 0.138 e. The van der Waals surface area contributed by atoms with E-state index in [4.69, 9.17) is 5.73 Å². The van der Waals surface area contributed by atoms with Crippen LogP contribution in [-0.4, -0.2) is 16.5 Å². The first kappa shape index (κ1) is 13.0. The number of nitrogens with two attached hydrogens (primary N) is 1. The molecule has 0 bridgehead atoms. The Morgan fingerprint density at radius 3 is 2.94 bits per heavy atom. The summed E-state index contributed by atoms with van der Waals surface area (Å²) in [4.78, 5) is 9.46. The van der Waals surface area contributed by atoms with Crippen LogP contribution in [0.15, 0.2) is 41.4 Å². The predicted octanol–water partition coefficient (Wildman–Crippen LogP) is 2.41. The molecule has 0 atom stereocenters. The summed E-state index contributed by atoms with van der Waals surface area (Å²) in [5.41, 5.74) is 6.43. The van der Waals surface area contributed by atoms with Gasteiger partial charge in [0.25, 0.3) is 0 Å². The second kappa shape index (κ2) is 6.47. The first-order valence-corrected chi connectivity index (χ1v) is 6.66. The van der Waals surface area contributed by atoms with Gasteiger partial charge >= 0.3 is 0 Å². The Balaban J connectivity index is 1.99. The van der Waals surface area contributed by atoms with E-state index in [2.05, 4.69) is 9.97 Å². The van der Waals surface area contributed by atoms with E-state index in [1.807, 2.05) is 12.1 Å². The van der Waals surface area contributed by atoms with Crippen LogP contribution in [0, 0.1) is 5.82 Å². The molecule has 2 N–H and O–H groups in total. The summed E-state index contributed by atoms with van der Waals surface area (Å²) in [7, 11) is 0. The molecule has 0 fully saturated rings.